The van der Waals surface area contributed by atoms with Gasteiger partial charge in [0.2, 0.25) is 0 Å². The maximum absolute atomic E-state index is 12.4. The zero-order valence-corrected chi connectivity index (χ0v) is 14.2. The van der Waals surface area contributed by atoms with Crippen LogP contribution in [-0.2, 0) is 16.6 Å². The van der Waals surface area contributed by atoms with Gasteiger partial charge in [-0.3, -0.25) is 4.72 Å². The highest BCUT2D eigenvalue weighted by molar-refractivity contribution is 9.10. The van der Waals surface area contributed by atoms with Crippen LogP contribution < -0.4 is 10.0 Å². The Kier molecular flexibility index (Phi) is 5.08. The van der Waals surface area contributed by atoms with Gasteiger partial charge in [0.05, 0.1) is 6.54 Å². The van der Waals surface area contributed by atoms with E-state index >= 15 is 0 Å². The lowest BCUT2D eigenvalue weighted by molar-refractivity contribution is 0.464. The third kappa shape index (κ3) is 4.09. The molecule has 7 heteroatoms. The third-order valence-electron chi connectivity index (χ3n) is 2.82. The maximum atomic E-state index is 12.4. The molecule has 0 atom stereocenters. The molecule has 0 bridgehead atoms. The summed E-state index contributed by atoms with van der Waals surface area (Å²) in [5.41, 5.74) is 1.51. The van der Waals surface area contributed by atoms with E-state index in [1.807, 2.05) is 19.9 Å². The lowest BCUT2D eigenvalue weighted by atomic mass is 10.2. The van der Waals surface area contributed by atoms with E-state index in [4.69, 9.17) is 4.42 Å². The molecule has 2 rings (SSSR count). The molecule has 5 nitrogen and oxygen atoms in total. The molecule has 1 aromatic heterocycles. The molecular formula is C14H17BrN2O3S. The number of hydrogen-bond donors (Lipinski definition) is 2. The topological polar surface area (TPSA) is 71.3 Å². The summed E-state index contributed by atoms with van der Waals surface area (Å²) >= 11 is 3.16. The predicted molar refractivity (Wildman–Crippen MR) is 85.8 cm³/mol. The molecule has 0 aliphatic rings. The first-order chi connectivity index (χ1) is 9.92. The van der Waals surface area contributed by atoms with E-state index in [1.165, 1.54) is 6.07 Å². The van der Waals surface area contributed by atoms with E-state index in [0.29, 0.717) is 18.0 Å². The molecule has 1 aromatic carbocycles. The van der Waals surface area contributed by atoms with Gasteiger partial charge in [0.1, 0.15) is 10.7 Å². The van der Waals surface area contributed by atoms with Gasteiger partial charge in [-0.15, -0.1) is 0 Å². The van der Waals surface area contributed by atoms with Crippen molar-refractivity contribution in [2.75, 3.05) is 11.3 Å². The van der Waals surface area contributed by atoms with Crippen molar-refractivity contribution in [2.45, 2.75) is 25.3 Å². The Morgan fingerprint density at radius 1 is 1.29 bits per heavy atom. The first-order valence-corrected chi connectivity index (χ1v) is 8.78. The summed E-state index contributed by atoms with van der Waals surface area (Å²) in [5.74, 6) is 0.563. The largest absolute Gasteiger partial charge is 0.451 e. The highest BCUT2D eigenvalue weighted by Gasteiger charge is 2.22. The van der Waals surface area contributed by atoms with Crippen LogP contribution in [-0.4, -0.2) is 15.0 Å². The lowest BCUT2D eigenvalue weighted by Crippen LogP contribution is -2.13. The lowest BCUT2D eigenvalue weighted by Gasteiger charge is -2.07. The molecule has 0 spiro atoms. The van der Waals surface area contributed by atoms with Crippen molar-refractivity contribution in [1.82, 2.24) is 5.32 Å². The van der Waals surface area contributed by atoms with Crippen LogP contribution in [0.1, 0.15) is 18.2 Å². The molecule has 1 heterocycles. The van der Waals surface area contributed by atoms with Crippen molar-refractivity contribution in [2.24, 2.45) is 0 Å². The van der Waals surface area contributed by atoms with Crippen LogP contribution in [0.4, 0.5) is 5.69 Å². The second-order valence-electron chi connectivity index (χ2n) is 4.61. The molecule has 2 N–H and O–H groups in total. The second-order valence-corrected chi connectivity index (χ2v) is 6.98. The van der Waals surface area contributed by atoms with Crippen LogP contribution in [0, 0.1) is 6.92 Å². The molecule has 0 saturated heterocycles. The molecule has 0 fully saturated rings. The SMILES string of the molecule is CCNCc1cc(S(=O)(=O)Nc2cccc(C)c2)c(Br)o1. The molecule has 0 radical (unpaired) electrons. The summed E-state index contributed by atoms with van der Waals surface area (Å²) in [6.45, 7) is 5.13. The molecule has 2 aromatic rings. The quantitative estimate of drug-likeness (QED) is 0.816. The van der Waals surface area contributed by atoms with Gasteiger partial charge in [-0.2, -0.15) is 0 Å². The van der Waals surface area contributed by atoms with Crippen LogP contribution in [0.5, 0.6) is 0 Å². The Morgan fingerprint density at radius 2 is 2.05 bits per heavy atom. The Hall–Kier alpha value is -1.31. The van der Waals surface area contributed by atoms with Crippen LogP contribution in [0.3, 0.4) is 0 Å². The van der Waals surface area contributed by atoms with E-state index in [2.05, 4.69) is 26.0 Å². The van der Waals surface area contributed by atoms with Gasteiger partial charge >= 0.3 is 0 Å². The first kappa shape index (κ1) is 16.1. The standard InChI is InChI=1S/C14H17BrN2O3S/c1-3-16-9-12-8-13(14(15)20-12)21(18,19)17-11-6-4-5-10(2)7-11/h4-8,16-17H,3,9H2,1-2H3. The predicted octanol–water partition coefficient (Wildman–Crippen LogP) is 3.26. The average Bonchev–Trinajstić information content (AvgIpc) is 2.78. The average molecular weight is 373 g/mol. The van der Waals surface area contributed by atoms with Crippen molar-refractivity contribution in [3.63, 3.8) is 0 Å². The monoisotopic (exact) mass is 372 g/mol. The fourth-order valence-electron chi connectivity index (χ4n) is 1.84. The molecular weight excluding hydrogens is 356 g/mol. The Balaban J connectivity index is 2.25. The van der Waals surface area contributed by atoms with Gasteiger partial charge in [-0.05, 0) is 47.1 Å². The van der Waals surface area contributed by atoms with Gasteiger partial charge in [-0.1, -0.05) is 19.1 Å². The van der Waals surface area contributed by atoms with Crippen LogP contribution in [0.25, 0.3) is 0 Å². The van der Waals surface area contributed by atoms with Crippen LogP contribution >= 0.6 is 15.9 Å². The summed E-state index contributed by atoms with van der Waals surface area (Å²) in [5, 5.41) is 3.08. The number of anilines is 1. The molecule has 0 saturated carbocycles. The van der Waals surface area contributed by atoms with Crippen molar-refractivity contribution in [1.29, 1.82) is 0 Å². The molecule has 0 amide bonds. The zero-order chi connectivity index (χ0) is 15.5. The van der Waals surface area contributed by atoms with Crippen LogP contribution in [0.15, 0.2) is 44.3 Å². The minimum atomic E-state index is -3.68. The molecule has 21 heavy (non-hydrogen) atoms. The maximum Gasteiger partial charge on any atom is 0.266 e. The highest BCUT2D eigenvalue weighted by atomic mass is 79.9. The number of aryl methyl sites for hydroxylation is 1. The Morgan fingerprint density at radius 3 is 2.71 bits per heavy atom. The van der Waals surface area contributed by atoms with Gasteiger partial charge in [0, 0.05) is 11.8 Å². The normalized spacial score (nSPS) is 11.6. The number of rotatable bonds is 6. The number of nitrogens with one attached hydrogen (secondary N) is 2. The molecule has 0 unspecified atom stereocenters. The van der Waals surface area contributed by atoms with Crippen LogP contribution in [0.2, 0.25) is 0 Å². The summed E-state index contributed by atoms with van der Waals surface area (Å²) in [6.07, 6.45) is 0. The summed E-state index contributed by atoms with van der Waals surface area (Å²) in [6, 6.07) is 8.70. The van der Waals surface area contributed by atoms with E-state index in [-0.39, 0.29) is 9.56 Å². The van der Waals surface area contributed by atoms with Gasteiger partial charge in [-0.25, -0.2) is 8.42 Å². The van der Waals surface area contributed by atoms with Crippen molar-refractivity contribution < 1.29 is 12.8 Å². The minimum absolute atomic E-state index is 0.0944. The second kappa shape index (κ2) is 6.64. The van der Waals surface area contributed by atoms with Crippen molar-refractivity contribution >= 4 is 31.6 Å². The molecule has 0 aliphatic heterocycles. The zero-order valence-electron chi connectivity index (χ0n) is 11.8. The van der Waals surface area contributed by atoms with E-state index < -0.39 is 10.0 Å². The summed E-state index contributed by atoms with van der Waals surface area (Å²) in [4.78, 5) is 0.0944. The van der Waals surface area contributed by atoms with Gasteiger partial charge in [0.25, 0.3) is 10.0 Å². The Labute approximate surface area is 132 Å². The number of halogens is 1. The minimum Gasteiger partial charge on any atom is -0.451 e. The number of sulfonamides is 1. The van der Waals surface area contributed by atoms with Gasteiger partial charge < -0.3 is 9.73 Å². The van der Waals surface area contributed by atoms with E-state index in [9.17, 15) is 8.42 Å². The molecule has 114 valence electrons. The van der Waals surface area contributed by atoms with Crippen molar-refractivity contribution in [3.8, 4) is 0 Å². The smallest absolute Gasteiger partial charge is 0.266 e. The van der Waals surface area contributed by atoms with Crippen molar-refractivity contribution in [3.05, 3.63) is 46.3 Å². The highest BCUT2D eigenvalue weighted by Crippen LogP contribution is 2.28. The number of hydrogen-bond acceptors (Lipinski definition) is 4. The van der Waals surface area contributed by atoms with E-state index in [0.717, 1.165) is 12.1 Å². The number of furan rings is 1. The Bertz CT molecular complexity index is 726. The number of benzene rings is 1. The van der Waals surface area contributed by atoms with Gasteiger partial charge in [0.15, 0.2) is 4.67 Å². The summed E-state index contributed by atoms with van der Waals surface area (Å²) in [7, 11) is -3.68. The fourth-order valence-corrected chi connectivity index (χ4v) is 3.88. The third-order valence-corrected chi connectivity index (χ3v) is 5.05. The fraction of sp³-hybridized carbons (Fsp3) is 0.286. The first-order valence-electron chi connectivity index (χ1n) is 6.51. The molecule has 0 aliphatic carbocycles. The van der Waals surface area contributed by atoms with E-state index in [1.54, 1.807) is 18.2 Å². The summed E-state index contributed by atoms with van der Waals surface area (Å²) < 4.78 is 32.9.